The molecule has 1 amide bonds. The molecule has 3 N–H and O–H groups in total. The normalized spacial score (nSPS) is 14.2. The van der Waals surface area contributed by atoms with E-state index in [1.165, 1.54) is 17.0 Å². The molecule has 102 valence electrons. The Hall–Kier alpha value is -1.99. The van der Waals surface area contributed by atoms with Crippen molar-refractivity contribution in [2.75, 3.05) is 11.4 Å². The largest absolute Gasteiger partial charge is 0.356 e. The molecule has 6 nitrogen and oxygen atoms in total. The molecule has 1 aliphatic rings. The monoisotopic (exact) mass is 267 g/mol. The van der Waals surface area contributed by atoms with E-state index < -0.39 is 11.8 Å². The predicted octanol–water partition coefficient (Wildman–Crippen LogP) is 0.416. The molecular formula is C12H14FN3O3. The highest BCUT2D eigenvalue weighted by atomic mass is 19.1. The van der Waals surface area contributed by atoms with Gasteiger partial charge in [0, 0.05) is 18.7 Å². The van der Waals surface area contributed by atoms with Gasteiger partial charge in [0.15, 0.2) is 0 Å². The van der Waals surface area contributed by atoms with Crippen molar-refractivity contribution < 1.29 is 18.8 Å². The molecule has 0 aliphatic carbocycles. The quantitative estimate of drug-likeness (QED) is 0.610. The van der Waals surface area contributed by atoms with Gasteiger partial charge in [-0.15, -0.1) is 0 Å². The molecule has 1 heterocycles. The first-order chi connectivity index (χ1) is 9.11. The number of aryl methyl sites for hydroxylation is 1. The van der Waals surface area contributed by atoms with Crippen LogP contribution in [0.2, 0.25) is 0 Å². The van der Waals surface area contributed by atoms with E-state index in [4.69, 9.17) is 5.84 Å². The number of nitrogens with one attached hydrogen (secondary N) is 1. The number of anilines is 1. The zero-order valence-electron chi connectivity index (χ0n) is 10.2. The van der Waals surface area contributed by atoms with E-state index in [0.717, 1.165) is 5.56 Å². The van der Waals surface area contributed by atoms with Gasteiger partial charge in [-0.2, -0.15) is 0 Å². The standard InChI is InChI=1S/C12H14FN3O3/c13-9-3-1-8-2-4-11(17)16(10(8)7-9)6-5-12(18)19-15-14/h1,3,7,15H,2,4-6,14H2. The van der Waals surface area contributed by atoms with Gasteiger partial charge in [0.05, 0.1) is 6.42 Å². The van der Waals surface area contributed by atoms with Crippen LogP contribution < -0.4 is 16.3 Å². The molecule has 7 heteroatoms. The molecule has 0 saturated heterocycles. The number of nitrogens with two attached hydrogens (primary N) is 1. The van der Waals surface area contributed by atoms with Crippen molar-refractivity contribution in [2.45, 2.75) is 19.3 Å². The molecule has 19 heavy (non-hydrogen) atoms. The van der Waals surface area contributed by atoms with Gasteiger partial charge in [0.1, 0.15) is 5.82 Å². The summed E-state index contributed by atoms with van der Waals surface area (Å²) in [6.07, 6.45) is 0.911. The number of benzene rings is 1. The summed E-state index contributed by atoms with van der Waals surface area (Å²) >= 11 is 0. The minimum atomic E-state index is -0.584. The summed E-state index contributed by atoms with van der Waals surface area (Å²) < 4.78 is 13.3. The molecule has 0 radical (unpaired) electrons. The van der Waals surface area contributed by atoms with Crippen molar-refractivity contribution in [1.82, 2.24) is 5.59 Å². The van der Waals surface area contributed by atoms with Gasteiger partial charge < -0.3 is 9.74 Å². The van der Waals surface area contributed by atoms with Crippen LogP contribution in [0, 0.1) is 5.82 Å². The Morgan fingerprint density at radius 1 is 1.47 bits per heavy atom. The van der Waals surface area contributed by atoms with E-state index in [0.29, 0.717) is 18.5 Å². The van der Waals surface area contributed by atoms with Crippen LogP contribution in [-0.4, -0.2) is 18.4 Å². The fourth-order valence-electron chi connectivity index (χ4n) is 2.08. The van der Waals surface area contributed by atoms with Gasteiger partial charge in [-0.05, 0) is 24.1 Å². The zero-order chi connectivity index (χ0) is 13.8. The second kappa shape index (κ2) is 5.77. The fourth-order valence-corrected chi connectivity index (χ4v) is 2.08. The van der Waals surface area contributed by atoms with Crippen LogP contribution in [0.15, 0.2) is 18.2 Å². The average Bonchev–Trinajstić information content (AvgIpc) is 2.38. The number of rotatable bonds is 4. The summed E-state index contributed by atoms with van der Waals surface area (Å²) in [5, 5.41) is 0. The number of fused-ring (bicyclic) bond motifs is 1. The van der Waals surface area contributed by atoms with E-state index >= 15 is 0 Å². The molecule has 2 rings (SSSR count). The molecule has 0 spiro atoms. The second-order valence-corrected chi connectivity index (χ2v) is 4.16. The van der Waals surface area contributed by atoms with Crippen LogP contribution >= 0.6 is 0 Å². The molecule has 0 fully saturated rings. The second-order valence-electron chi connectivity index (χ2n) is 4.16. The van der Waals surface area contributed by atoms with Gasteiger partial charge in [-0.1, -0.05) is 11.7 Å². The number of carbonyl (C=O) groups excluding carboxylic acids is 2. The topological polar surface area (TPSA) is 84.7 Å². The van der Waals surface area contributed by atoms with E-state index in [1.807, 2.05) is 0 Å². The number of hydrogen-bond donors (Lipinski definition) is 2. The summed E-state index contributed by atoms with van der Waals surface area (Å²) in [4.78, 5) is 28.8. The third kappa shape index (κ3) is 3.07. The third-order valence-corrected chi connectivity index (χ3v) is 2.96. The van der Waals surface area contributed by atoms with E-state index in [9.17, 15) is 14.0 Å². The summed E-state index contributed by atoms with van der Waals surface area (Å²) in [7, 11) is 0. The molecule has 1 aliphatic heterocycles. The number of hydrazine groups is 1. The van der Waals surface area contributed by atoms with Crippen molar-refractivity contribution >= 4 is 17.6 Å². The van der Waals surface area contributed by atoms with E-state index in [-0.39, 0.29) is 18.9 Å². The van der Waals surface area contributed by atoms with Gasteiger partial charge in [-0.3, -0.25) is 9.59 Å². The molecule has 0 bridgehead atoms. The predicted molar refractivity (Wildman–Crippen MR) is 65.1 cm³/mol. The van der Waals surface area contributed by atoms with Gasteiger partial charge in [0.2, 0.25) is 5.91 Å². The Kier molecular flexibility index (Phi) is 4.08. The summed E-state index contributed by atoms with van der Waals surface area (Å²) in [5.41, 5.74) is 3.19. The maximum atomic E-state index is 13.3. The van der Waals surface area contributed by atoms with Crippen LogP contribution in [0.5, 0.6) is 0 Å². The first-order valence-electron chi connectivity index (χ1n) is 5.86. The Balaban J connectivity index is 2.14. The maximum absolute atomic E-state index is 13.3. The van der Waals surface area contributed by atoms with Crippen LogP contribution in [0.4, 0.5) is 10.1 Å². The number of halogens is 1. The molecule has 1 aromatic carbocycles. The van der Waals surface area contributed by atoms with Gasteiger partial charge in [0.25, 0.3) is 0 Å². The number of hydrogen-bond acceptors (Lipinski definition) is 5. The van der Waals surface area contributed by atoms with Crippen molar-refractivity contribution in [1.29, 1.82) is 0 Å². The van der Waals surface area contributed by atoms with Crippen LogP contribution in [0.3, 0.4) is 0 Å². The lowest BCUT2D eigenvalue weighted by Gasteiger charge is -2.29. The van der Waals surface area contributed by atoms with Crippen molar-refractivity contribution in [2.24, 2.45) is 5.84 Å². The fraction of sp³-hybridized carbons (Fsp3) is 0.333. The molecule has 0 unspecified atom stereocenters. The molecule has 1 aromatic rings. The van der Waals surface area contributed by atoms with Crippen molar-refractivity contribution in [3.63, 3.8) is 0 Å². The highest BCUT2D eigenvalue weighted by Crippen LogP contribution is 2.28. The van der Waals surface area contributed by atoms with Gasteiger partial charge in [-0.25, -0.2) is 10.2 Å². The average molecular weight is 267 g/mol. The van der Waals surface area contributed by atoms with Crippen LogP contribution in [0.25, 0.3) is 0 Å². The first kappa shape index (κ1) is 13.4. The minimum Gasteiger partial charge on any atom is -0.356 e. The summed E-state index contributed by atoms with van der Waals surface area (Å²) in [5.74, 6) is 3.71. The van der Waals surface area contributed by atoms with Crippen LogP contribution in [-0.2, 0) is 20.8 Å². The Morgan fingerprint density at radius 3 is 3.00 bits per heavy atom. The lowest BCUT2D eigenvalue weighted by atomic mass is 10.0. The maximum Gasteiger partial charge on any atom is 0.328 e. The van der Waals surface area contributed by atoms with Crippen molar-refractivity contribution in [3.8, 4) is 0 Å². The first-order valence-corrected chi connectivity index (χ1v) is 5.86. The third-order valence-electron chi connectivity index (χ3n) is 2.96. The Morgan fingerprint density at radius 2 is 2.26 bits per heavy atom. The molecule has 0 saturated carbocycles. The molecule has 0 atom stereocenters. The highest BCUT2D eigenvalue weighted by Gasteiger charge is 2.25. The molecular weight excluding hydrogens is 253 g/mol. The lowest BCUT2D eigenvalue weighted by Crippen LogP contribution is -2.37. The minimum absolute atomic E-state index is 0.0219. The highest BCUT2D eigenvalue weighted by molar-refractivity contribution is 5.96. The molecule has 0 aromatic heterocycles. The Bertz CT molecular complexity index is 507. The van der Waals surface area contributed by atoms with E-state index in [2.05, 4.69) is 4.84 Å². The Labute approximate surface area is 109 Å². The lowest BCUT2D eigenvalue weighted by molar-refractivity contribution is -0.151. The summed E-state index contributed by atoms with van der Waals surface area (Å²) in [6.45, 7) is 0.135. The van der Waals surface area contributed by atoms with Crippen molar-refractivity contribution in [3.05, 3.63) is 29.6 Å². The smallest absolute Gasteiger partial charge is 0.328 e. The SMILES string of the molecule is NNOC(=O)CCN1C(=O)CCc2ccc(F)cc21. The number of nitrogens with zero attached hydrogens (tertiary/aromatic N) is 1. The summed E-state index contributed by atoms with van der Waals surface area (Å²) in [6, 6.07) is 4.32. The number of amides is 1. The zero-order valence-corrected chi connectivity index (χ0v) is 10.2. The van der Waals surface area contributed by atoms with Crippen LogP contribution in [0.1, 0.15) is 18.4 Å². The van der Waals surface area contributed by atoms with E-state index in [1.54, 1.807) is 11.7 Å². The van der Waals surface area contributed by atoms with Gasteiger partial charge >= 0.3 is 5.97 Å². The number of carbonyl (C=O) groups is 2.